The standard InChI is InChI=1S/C47H81O10P/c1-3-5-7-9-11-13-15-17-19-20-21-22-23-24-25-27-29-31-33-35-37-39-47(51)57-45(41-49)43-55-58(52,53)54-42-44(40-48)56-46(50)38-36-34-32-30-28-26-18-16-14-12-10-8-6-4-2/h5,7,10-13,16-19,21-22,44-45,48-49H,3-4,6,8-9,14-15,20,23-43H2,1-2H3,(H,52,53)/b7-5-,12-10-,13-11-,18-16-,19-17-,22-21-. The Balaban J connectivity index is 3.93. The summed E-state index contributed by atoms with van der Waals surface area (Å²) in [4.78, 5) is 34.5. The van der Waals surface area contributed by atoms with Crippen LogP contribution in [0, 0.1) is 0 Å². The highest BCUT2D eigenvalue weighted by molar-refractivity contribution is 7.47. The highest BCUT2D eigenvalue weighted by atomic mass is 31.2. The first-order valence-electron chi connectivity index (χ1n) is 22.4. The fourth-order valence-corrected chi connectivity index (χ4v) is 6.49. The van der Waals surface area contributed by atoms with E-state index in [1.807, 2.05) is 0 Å². The van der Waals surface area contributed by atoms with Crippen LogP contribution in [0.4, 0.5) is 0 Å². The molecule has 0 amide bonds. The summed E-state index contributed by atoms with van der Waals surface area (Å²) in [5, 5.41) is 19.2. The van der Waals surface area contributed by atoms with Crippen LogP contribution in [-0.2, 0) is 32.7 Å². The second kappa shape index (κ2) is 42.5. The van der Waals surface area contributed by atoms with Crippen LogP contribution in [0.15, 0.2) is 72.9 Å². The molecule has 0 heterocycles. The predicted molar refractivity (Wildman–Crippen MR) is 237 cm³/mol. The van der Waals surface area contributed by atoms with Gasteiger partial charge in [0.2, 0.25) is 0 Å². The first kappa shape index (κ1) is 55.4. The van der Waals surface area contributed by atoms with Crippen molar-refractivity contribution in [2.45, 2.75) is 187 Å². The van der Waals surface area contributed by atoms with Crippen molar-refractivity contribution < 1.29 is 47.8 Å². The van der Waals surface area contributed by atoms with E-state index in [4.69, 9.17) is 18.5 Å². The maximum atomic E-state index is 12.4. The van der Waals surface area contributed by atoms with Gasteiger partial charge in [-0.25, -0.2) is 4.57 Å². The monoisotopic (exact) mass is 837 g/mol. The number of ether oxygens (including phenoxy) is 2. The van der Waals surface area contributed by atoms with Gasteiger partial charge in [0.1, 0.15) is 12.2 Å². The van der Waals surface area contributed by atoms with Crippen LogP contribution in [0.3, 0.4) is 0 Å². The van der Waals surface area contributed by atoms with Crippen molar-refractivity contribution in [3.05, 3.63) is 72.9 Å². The number of phosphoric acid groups is 1. The van der Waals surface area contributed by atoms with Crippen LogP contribution >= 0.6 is 7.82 Å². The summed E-state index contributed by atoms with van der Waals surface area (Å²) >= 11 is 0. The molecule has 58 heavy (non-hydrogen) atoms. The van der Waals surface area contributed by atoms with Crippen molar-refractivity contribution in [2.75, 3.05) is 26.4 Å². The van der Waals surface area contributed by atoms with Crippen molar-refractivity contribution in [3.63, 3.8) is 0 Å². The minimum Gasteiger partial charge on any atom is -0.457 e. The molecule has 0 aromatic heterocycles. The number of carbonyl (C=O) groups excluding carboxylic acids is 2. The quantitative estimate of drug-likeness (QED) is 0.0235. The lowest BCUT2D eigenvalue weighted by Gasteiger charge is -2.20. The van der Waals surface area contributed by atoms with Crippen LogP contribution in [-0.4, -0.2) is 65.7 Å². The molecule has 0 aliphatic rings. The van der Waals surface area contributed by atoms with E-state index in [2.05, 4.69) is 86.8 Å². The molecule has 0 aromatic rings. The topological polar surface area (TPSA) is 149 Å². The molecular weight excluding hydrogens is 755 g/mol. The molecule has 0 aliphatic carbocycles. The van der Waals surface area contributed by atoms with Crippen LogP contribution < -0.4 is 0 Å². The Morgan fingerprint density at radius 2 is 0.810 bits per heavy atom. The Labute approximate surface area is 352 Å². The highest BCUT2D eigenvalue weighted by Gasteiger charge is 2.27. The average Bonchev–Trinajstić information content (AvgIpc) is 3.21. The minimum atomic E-state index is -4.65. The van der Waals surface area contributed by atoms with Crippen molar-refractivity contribution in [1.29, 1.82) is 0 Å². The third-order valence-electron chi connectivity index (χ3n) is 9.15. The van der Waals surface area contributed by atoms with Gasteiger partial charge in [-0.2, -0.15) is 0 Å². The number of phosphoric ester groups is 1. The Morgan fingerprint density at radius 1 is 0.483 bits per heavy atom. The largest absolute Gasteiger partial charge is 0.472 e. The van der Waals surface area contributed by atoms with E-state index in [1.54, 1.807) is 0 Å². The van der Waals surface area contributed by atoms with Crippen LogP contribution in [0.1, 0.15) is 174 Å². The van der Waals surface area contributed by atoms with E-state index in [9.17, 15) is 29.3 Å². The van der Waals surface area contributed by atoms with E-state index < -0.39 is 58.4 Å². The van der Waals surface area contributed by atoms with Gasteiger partial charge >= 0.3 is 19.8 Å². The molecule has 0 aromatic carbocycles. The lowest BCUT2D eigenvalue weighted by atomic mass is 10.1. The Hall–Kier alpha value is -2.59. The number of allylic oxidation sites excluding steroid dienone is 12. The number of hydrogen-bond acceptors (Lipinski definition) is 9. The van der Waals surface area contributed by atoms with E-state index in [0.29, 0.717) is 12.8 Å². The molecule has 0 saturated heterocycles. The van der Waals surface area contributed by atoms with Gasteiger partial charge in [-0.3, -0.25) is 18.6 Å². The molecule has 3 atom stereocenters. The number of esters is 2. The molecular formula is C47H81O10P. The van der Waals surface area contributed by atoms with Gasteiger partial charge in [0.05, 0.1) is 26.4 Å². The summed E-state index contributed by atoms with van der Waals surface area (Å²) in [5.41, 5.74) is 0. The zero-order chi connectivity index (χ0) is 42.6. The molecule has 0 spiro atoms. The summed E-state index contributed by atoms with van der Waals surface area (Å²) < 4.78 is 32.6. The fourth-order valence-electron chi connectivity index (χ4n) is 5.71. The number of aliphatic hydroxyl groups is 2. The van der Waals surface area contributed by atoms with Crippen molar-refractivity contribution in [1.82, 2.24) is 0 Å². The number of carbonyl (C=O) groups is 2. The first-order valence-corrected chi connectivity index (χ1v) is 23.9. The summed E-state index contributed by atoms with van der Waals surface area (Å²) in [6.07, 6.45) is 48.7. The van der Waals surface area contributed by atoms with Crippen LogP contribution in [0.5, 0.6) is 0 Å². The molecule has 0 aliphatic heterocycles. The fraction of sp³-hybridized carbons (Fsp3) is 0.702. The third-order valence-corrected chi connectivity index (χ3v) is 10.1. The lowest BCUT2D eigenvalue weighted by molar-refractivity contribution is -0.153. The molecule has 11 heteroatoms. The summed E-state index contributed by atoms with van der Waals surface area (Å²) in [5.74, 6) is -1.05. The van der Waals surface area contributed by atoms with E-state index in [0.717, 1.165) is 96.3 Å². The van der Waals surface area contributed by atoms with Gasteiger partial charge in [-0.1, -0.05) is 157 Å². The second-order valence-corrected chi connectivity index (χ2v) is 16.1. The number of rotatable bonds is 41. The first-order chi connectivity index (χ1) is 28.3. The zero-order valence-corrected chi connectivity index (χ0v) is 37.1. The van der Waals surface area contributed by atoms with E-state index in [-0.39, 0.29) is 12.8 Å². The molecule has 334 valence electrons. The van der Waals surface area contributed by atoms with Crippen molar-refractivity contribution in [3.8, 4) is 0 Å². The van der Waals surface area contributed by atoms with Gasteiger partial charge in [0.15, 0.2) is 0 Å². The van der Waals surface area contributed by atoms with E-state index >= 15 is 0 Å². The Kier molecular flexibility index (Phi) is 40.6. The smallest absolute Gasteiger partial charge is 0.457 e. The van der Waals surface area contributed by atoms with Gasteiger partial charge in [0, 0.05) is 12.8 Å². The lowest BCUT2D eigenvalue weighted by Crippen LogP contribution is -2.28. The predicted octanol–water partition coefficient (Wildman–Crippen LogP) is 12.1. The Morgan fingerprint density at radius 3 is 1.17 bits per heavy atom. The van der Waals surface area contributed by atoms with Crippen molar-refractivity contribution in [2.24, 2.45) is 0 Å². The zero-order valence-electron chi connectivity index (χ0n) is 36.2. The normalized spacial score (nSPS) is 14.5. The van der Waals surface area contributed by atoms with Gasteiger partial charge in [0.25, 0.3) is 0 Å². The maximum Gasteiger partial charge on any atom is 0.472 e. The number of unbranched alkanes of at least 4 members (excludes halogenated alkanes) is 15. The molecule has 10 nitrogen and oxygen atoms in total. The van der Waals surface area contributed by atoms with Crippen LogP contribution in [0.25, 0.3) is 0 Å². The number of hydrogen-bond donors (Lipinski definition) is 3. The molecule has 0 rings (SSSR count). The molecule has 3 unspecified atom stereocenters. The van der Waals surface area contributed by atoms with Gasteiger partial charge < -0.3 is 24.6 Å². The summed E-state index contributed by atoms with van der Waals surface area (Å²) in [6, 6.07) is 0. The summed E-state index contributed by atoms with van der Waals surface area (Å²) in [7, 11) is -4.65. The molecule has 0 bridgehead atoms. The van der Waals surface area contributed by atoms with E-state index in [1.165, 1.54) is 38.5 Å². The molecule has 0 radical (unpaired) electrons. The van der Waals surface area contributed by atoms with Gasteiger partial charge in [-0.05, 0) is 77.0 Å². The highest BCUT2D eigenvalue weighted by Crippen LogP contribution is 2.43. The second-order valence-electron chi connectivity index (χ2n) is 14.6. The van der Waals surface area contributed by atoms with Crippen molar-refractivity contribution >= 4 is 19.8 Å². The molecule has 3 N–H and O–H groups in total. The minimum absolute atomic E-state index is 0.172. The summed E-state index contributed by atoms with van der Waals surface area (Å²) in [6.45, 7) is 2.02. The van der Waals surface area contributed by atoms with Gasteiger partial charge in [-0.15, -0.1) is 0 Å². The molecule has 0 saturated carbocycles. The third kappa shape index (κ3) is 40.2. The number of aliphatic hydroxyl groups excluding tert-OH is 2. The maximum absolute atomic E-state index is 12.4. The Bertz CT molecular complexity index is 1190. The average molecular weight is 837 g/mol. The SMILES string of the molecule is CC/C=C\C/C=C\C/C=C\C/C=C\CCCCCCCCCCC(=O)OC(CO)COP(=O)(O)OCC(CO)OC(=O)CCCCCCC/C=C\C/C=C\CCCC. The van der Waals surface area contributed by atoms with Crippen LogP contribution in [0.2, 0.25) is 0 Å². The molecule has 0 fully saturated rings.